The van der Waals surface area contributed by atoms with Crippen molar-refractivity contribution in [2.24, 2.45) is 5.73 Å². The number of H-pyrrole nitrogens is 1. The number of nitrogens with one attached hydrogen (secondary N) is 2. The summed E-state index contributed by atoms with van der Waals surface area (Å²) in [6.07, 6.45) is -1.48. The highest BCUT2D eigenvalue weighted by atomic mass is 19.4. The molecule has 1 aliphatic rings. The van der Waals surface area contributed by atoms with Gasteiger partial charge in [0, 0.05) is 18.5 Å². The van der Waals surface area contributed by atoms with E-state index < -0.39 is 17.8 Å². The van der Waals surface area contributed by atoms with Gasteiger partial charge in [0.1, 0.15) is 11.4 Å². The molecule has 0 amide bonds. The third-order valence-electron chi connectivity index (χ3n) is 5.65. The maximum Gasteiger partial charge on any atom is 0.407 e. The van der Waals surface area contributed by atoms with Gasteiger partial charge in [0.05, 0.1) is 30.2 Å². The molecule has 32 heavy (non-hydrogen) atoms. The Morgan fingerprint density at radius 1 is 1.34 bits per heavy atom. The number of nitrogens with zero attached hydrogens (tertiary/aromatic N) is 3. The SMILES string of the molecule is N#CC[C@@]1(n2nc(Nc3ccc([C@@H](N)C(F)(F)F)cc3)c3c(=O)[nH]ccc32)CCCOC1. The number of anilines is 2. The Bertz CT molecular complexity index is 1200. The van der Waals surface area contributed by atoms with Crippen molar-refractivity contribution in [1.82, 2.24) is 14.8 Å². The molecule has 0 aliphatic carbocycles. The number of alkyl halides is 3. The number of rotatable bonds is 5. The van der Waals surface area contributed by atoms with Crippen molar-refractivity contribution in [3.8, 4) is 6.07 Å². The first kappa shape index (κ1) is 21.9. The van der Waals surface area contributed by atoms with Gasteiger partial charge >= 0.3 is 6.18 Å². The highest BCUT2D eigenvalue weighted by molar-refractivity contribution is 5.91. The quantitative estimate of drug-likeness (QED) is 0.552. The Kier molecular flexibility index (Phi) is 5.66. The standard InChI is InChI=1S/C21H21F3N6O2/c22-21(23,24)17(26)13-2-4-14(5-3-13)28-18-16-15(6-10-27-19(16)31)30(29-18)20(8-9-25)7-1-11-32-12-20/h2-6,10,17H,1,7-8,11-12,26H2,(H,27,31)(H,28,29)/t17-,20+/m1/s1. The molecule has 3 heterocycles. The predicted octanol–water partition coefficient (Wildman–Crippen LogP) is 3.45. The van der Waals surface area contributed by atoms with E-state index in [4.69, 9.17) is 10.5 Å². The lowest BCUT2D eigenvalue weighted by molar-refractivity contribution is -0.149. The molecular formula is C21H21F3N6O2. The molecule has 1 aliphatic heterocycles. The number of nitrogens with two attached hydrogens (primary N) is 1. The van der Waals surface area contributed by atoms with Crippen LogP contribution in [0.3, 0.4) is 0 Å². The fourth-order valence-corrected chi connectivity index (χ4v) is 3.99. The largest absolute Gasteiger partial charge is 0.407 e. The summed E-state index contributed by atoms with van der Waals surface area (Å²) in [7, 11) is 0. The Labute approximate surface area is 180 Å². The second-order valence-corrected chi connectivity index (χ2v) is 7.81. The highest BCUT2D eigenvalue weighted by Crippen LogP contribution is 2.36. The summed E-state index contributed by atoms with van der Waals surface area (Å²) in [5, 5.41) is 17.3. The minimum absolute atomic E-state index is 0.0800. The summed E-state index contributed by atoms with van der Waals surface area (Å²) in [6.45, 7) is 0.873. The molecule has 1 aromatic carbocycles. The lowest BCUT2D eigenvalue weighted by Crippen LogP contribution is -2.42. The predicted molar refractivity (Wildman–Crippen MR) is 111 cm³/mol. The van der Waals surface area contributed by atoms with Crippen LogP contribution in [0, 0.1) is 11.3 Å². The smallest absolute Gasteiger partial charge is 0.379 e. The van der Waals surface area contributed by atoms with E-state index in [1.807, 2.05) is 0 Å². The van der Waals surface area contributed by atoms with Crippen LogP contribution in [-0.4, -0.2) is 34.2 Å². The number of aromatic amines is 1. The summed E-state index contributed by atoms with van der Waals surface area (Å²) in [6, 6.07) is 7.24. The van der Waals surface area contributed by atoms with E-state index in [2.05, 4.69) is 21.5 Å². The van der Waals surface area contributed by atoms with Crippen LogP contribution >= 0.6 is 0 Å². The summed E-state index contributed by atoms with van der Waals surface area (Å²) < 4.78 is 45.9. The van der Waals surface area contributed by atoms with Crippen molar-refractivity contribution in [3.63, 3.8) is 0 Å². The van der Waals surface area contributed by atoms with Gasteiger partial charge in [0.25, 0.3) is 5.56 Å². The minimum atomic E-state index is -4.55. The molecule has 1 saturated heterocycles. The van der Waals surface area contributed by atoms with Crippen LogP contribution in [-0.2, 0) is 10.3 Å². The van der Waals surface area contributed by atoms with E-state index in [1.54, 1.807) is 10.7 Å². The lowest BCUT2D eigenvalue weighted by atomic mass is 9.89. The van der Waals surface area contributed by atoms with Crippen molar-refractivity contribution in [2.75, 3.05) is 18.5 Å². The zero-order valence-electron chi connectivity index (χ0n) is 16.9. The van der Waals surface area contributed by atoms with Gasteiger partial charge in [-0.25, -0.2) is 0 Å². The van der Waals surface area contributed by atoms with Gasteiger partial charge in [-0.3, -0.25) is 9.48 Å². The minimum Gasteiger partial charge on any atom is -0.379 e. The first-order chi connectivity index (χ1) is 15.2. The van der Waals surface area contributed by atoms with Crippen molar-refractivity contribution in [3.05, 3.63) is 52.4 Å². The molecule has 11 heteroatoms. The Morgan fingerprint density at radius 3 is 2.72 bits per heavy atom. The Hall–Kier alpha value is -3.36. The second-order valence-electron chi connectivity index (χ2n) is 7.81. The number of aromatic nitrogens is 3. The number of nitriles is 1. The maximum absolute atomic E-state index is 12.9. The van der Waals surface area contributed by atoms with Crippen LogP contribution in [0.4, 0.5) is 24.7 Å². The molecule has 2 atom stereocenters. The number of hydrogen-bond donors (Lipinski definition) is 3. The van der Waals surface area contributed by atoms with Crippen LogP contribution < -0.4 is 16.6 Å². The van der Waals surface area contributed by atoms with E-state index in [-0.39, 0.29) is 35.4 Å². The molecule has 0 radical (unpaired) electrons. The average Bonchev–Trinajstić information content (AvgIpc) is 3.14. The first-order valence-electron chi connectivity index (χ1n) is 10.00. The third-order valence-corrected chi connectivity index (χ3v) is 5.65. The first-order valence-corrected chi connectivity index (χ1v) is 10.00. The fourth-order valence-electron chi connectivity index (χ4n) is 3.99. The molecule has 8 nitrogen and oxygen atoms in total. The van der Waals surface area contributed by atoms with Crippen LogP contribution in [0.15, 0.2) is 41.3 Å². The van der Waals surface area contributed by atoms with Crippen LogP contribution in [0.25, 0.3) is 10.9 Å². The molecule has 0 saturated carbocycles. The van der Waals surface area contributed by atoms with Gasteiger partial charge in [-0.1, -0.05) is 12.1 Å². The summed E-state index contributed by atoms with van der Waals surface area (Å²) >= 11 is 0. The number of benzene rings is 1. The Morgan fingerprint density at radius 2 is 2.09 bits per heavy atom. The second kappa shape index (κ2) is 8.29. The zero-order valence-corrected chi connectivity index (χ0v) is 16.9. The zero-order chi connectivity index (χ0) is 22.9. The van der Waals surface area contributed by atoms with Gasteiger partial charge < -0.3 is 20.8 Å². The number of halogens is 3. The summed E-state index contributed by atoms with van der Waals surface area (Å²) in [5.74, 6) is 0.234. The third kappa shape index (κ3) is 3.94. The van der Waals surface area contributed by atoms with Gasteiger partial charge in [-0.2, -0.15) is 23.5 Å². The van der Waals surface area contributed by atoms with Gasteiger partial charge in [-0.15, -0.1) is 0 Å². The molecule has 168 valence electrons. The monoisotopic (exact) mass is 446 g/mol. The molecule has 2 aromatic heterocycles. The van der Waals surface area contributed by atoms with E-state index in [1.165, 1.54) is 30.5 Å². The number of ether oxygens (including phenoxy) is 1. The number of pyridine rings is 1. The average molecular weight is 446 g/mol. The molecule has 0 spiro atoms. The molecule has 4 N–H and O–H groups in total. The van der Waals surface area contributed by atoms with E-state index in [0.29, 0.717) is 24.2 Å². The summed E-state index contributed by atoms with van der Waals surface area (Å²) in [5.41, 5.74) is 5.05. The summed E-state index contributed by atoms with van der Waals surface area (Å²) in [4.78, 5) is 15.2. The molecule has 0 bridgehead atoms. The van der Waals surface area contributed by atoms with Gasteiger partial charge in [0.2, 0.25) is 0 Å². The lowest BCUT2D eigenvalue weighted by Gasteiger charge is -2.35. The maximum atomic E-state index is 12.9. The molecule has 1 fully saturated rings. The van der Waals surface area contributed by atoms with Crippen molar-refractivity contribution < 1.29 is 17.9 Å². The Balaban J connectivity index is 1.74. The normalized spacial score (nSPS) is 20.1. The van der Waals surface area contributed by atoms with Crippen molar-refractivity contribution in [1.29, 1.82) is 5.26 Å². The van der Waals surface area contributed by atoms with E-state index >= 15 is 0 Å². The fraction of sp³-hybridized carbons (Fsp3) is 0.381. The number of fused-ring (bicyclic) bond motifs is 1. The molecular weight excluding hydrogens is 425 g/mol. The molecule has 3 aromatic rings. The molecule has 4 rings (SSSR count). The van der Waals surface area contributed by atoms with E-state index in [0.717, 1.165) is 6.42 Å². The van der Waals surface area contributed by atoms with Crippen LogP contribution in [0.2, 0.25) is 0 Å². The van der Waals surface area contributed by atoms with E-state index in [9.17, 15) is 23.2 Å². The van der Waals surface area contributed by atoms with Gasteiger partial charge in [-0.05, 0) is 36.6 Å². The van der Waals surface area contributed by atoms with Crippen molar-refractivity contribution in [2.45, 2.75) is 37.0 Å². The number of hydrogen-bond acceptors (Lipinski definition) is 6. The molecule has 0 unspecified atom stereocenters. The highest BCUT2D eigenvalue weighted by Gasteiger charge is 2.39. The van der Waals surface area contributed by atoms with Crippen molar-refractivity contribution >= 4 is 22.4 Å². The van der Waals surface area contributed by atoms with Crippen LogP contribution in [0.1, 0.15) is 30.9 Å². The topological polar surface area (TPSA) is 122 Å². The van der Waals surface area contributed by atoms with Gasteiger partial charge in [0.15, 0.2) is 5.82 Å². The van der Waals surface area contributed by atoms with Crippen LogP contribution in [0.5, 0.6) is 0 Å².